The second kappa shape index (κ2) is 4.35. The van der Waals surface area contributed by atoms with Crippen molar-refractivity contribution in [3.63, 3.8) is 0 Å². The summed E-state index contributed by atoms with van der Waals surface area (Å²) in [6, 6.07) is 3.16. The average molecular weight is 215 g/mol. The first-order valence-electron chi connectivity index (χ1n) is 4.53. The second-order valence-corrected chi connectivity index (χ2v) is 3.05. The summed E-state index contributed by atoms with van der Waals surface area (Å²) in [5, 5.41) is 2.63. The zero-order chi connectivity index (χ0) is 11.4. The minimum Gasteiger partial charge on any atom is -0.384 e. The van der Waals surface area contributed by atoms with Crippen LogP contribution >= 0.6 is 0 Å². The Balaban J connectivity index is 2.12. The van der Waals surface area contributed by atoms with Crippen molar-refractivity contribution in [2.45, 2.75) is 0 Å². The molecule has 2 aromatic rings. The molecule has 2 aromatic heterocycles. The highest BCUT2D eigenvalue weighted by Gasteiger charge is 2.05. The van der Waals surface area contributed by atoms with E-state index in [9.17, 15) is 4.79 Å². The molecule has 0 unspecified atom stereocenters. The molecule has 6 nitrogen and oxygen atoms in total. The minimum absolute atomic E-state index is 0.276. The number of hydrogen-bond acceptors (Lipinski definition) is 5. The van der Waals surface area contributed by atoms with Gasteiger partial charge in [-0.1, -0.05) is 0 Å². The van der Waals surface area contributed by atoms with Crippen LogP contribution in [0.25, 0.3) is 0 Å². The molecule has 0 saturated heterocycles. The molecule has 0 spiro atoms. The van der Waals surface area contributed by atoms with Crippen molar-refractivity contribution in [3.05, 3.63) is 42.6 Å². The molecule has 0 aliphatic heterocycles. The summed E-state index contributed by atoms with van der Waals surface area (Å²) in [7, 11) is 0. The van der Waals surface area contributed by atoms with Crippen LogP contribution in [0.5, 0.6) is 0 Å². The first-order chi connectivity index (χ1) is 7.75. The van der Waals surface area contributed by atoms with Crippen LogP contribution in [-0.2, 0) is 0 Å². The molecule has 16 heavy (non-hydrogen) atoms. The van der Waals surface area contributed by atoms with Crippen LogP contribution in [0.2, 0.25) is 0 Å². The SMILES string of the molecule is Nc1ccc(C(=O)Nc2cncnc2)cn1. The Bertz CT molecular complexity index is 482. The standard InChI is InChI=1S/C10H9N5O/c11-9-2-1-7(3-14-9)10(16)15-8-4-12-6-13-5-8/h1-6H,(H2,11,14)(H,15,16). The predicted molar refractivity (Wildman–Crippen MR) is 58.6 cm³/mol. The summed E-state index contributed by atoms with van der Waals surface area (Å²) in [6.45, 7) is 0. The van der Waals surface area contributed by atoms with Gasteiger partial charge in [-0.2, -0.15) is 0 Å². The van der Waals surface area contributed by atoms with Crippen LogP contribution in [0.4, 0.5) is 11.5 Å². The number of nitrogens with two attached hydrogens (primary N) is 1. The molecule has 0 aromatic carbocycles. The van der Waals surface area contributed by atoms with Gasteiger partial charge in [0.2, 0.25) is 0 Å². The molecule has 0 bridgehead atoms. The summed E-state index contributed by atoms with van der Waals surface area (Å²) in [5.41, 5.74) is 6.38. The monoisotopic (exact) mass is 215 g/mol. The molecular formula is C10H9N5O. The molecule has 80 valence electrons. The number of pyridine rings is 1. The second-order valence-electron chi connectivity index (χ2n) is 3.05. The zero-order valence-corrected chi connectivity index (χ0v) is 8.29. The Labute approximate surface area is 91.6 Å². The van der Waals surface area contributed by atoms with Gasteiger partial charge in [0.1, 0.15) is 12.1 Å². The molecule has 2 heterocycles. The Morgan fingerprint density at radius 3 is 2.56 bits per heavy atom. The predicted octanol–water partition coefficient (Wildman–Crippen LogP) is 0.706. The molecule has 1 amide bonds. The van der Waals surface area contributed by atoms with Gasteiger partial charge in [-0.25, -0.2) is 15.0 Å². The topological polar surface area (TPSA) is 93.8 Å². The quantitative estimate of drug-likeness (QED) is 0.769. The largest absolute Gasteiger partial charge is 0.384 e. The Hall–Kier alpha value is -2.50. The van der Waals surface area contributed by atoms with E-state index in [1.165, 1.54) is 24.9 Å². The van der Waals surface area contributed by atoms with E-state index in [0.717, 1.165) is 0 Å². The molecular weight excluding hydrogens is 206 g/mol. The highest BCUT2D eigenvalue weighted by Crippen LogP contribution is 2.06. The maximum atomic E-state index is 11.7. The van der Waals surface area contributed by atoms with Gasteiger partial charge in [-0.05, 0) is 12.1 Å². The third-order valence-electron chi connectivity index (χ3n) is 1.87. The van der Waals surface area contributed by atoms with E-state index >= 15 is 0 Å². The first-order valence-corrected chi connectivity index (χ1v) is 4.53. The Morgan fingerprint density at radius 2 is 1.94 bits per heavy atom. The smallest absolute Gasteiger partial charge is 0.257 e. The summed E-state index contributed by atoms with van der Waals surface area (Å²) < 4.78 is 0. The van der Waals surface area contributed by atoms with Gasteiger partial charge in [0.15, 0.2) is 0 Å². The van der Waals surface area contributed by atoms with Crippen molar-refractivity contribution in [2.75, 3.05) is 11.1 Å². The van der Waals surface area contributed by atoms with E-state index < -0.39 is 0 Å². The van der Waals surface area contributed by atoms with Gasteiger partial charge in [0.25, 0.3) is 5.91 Å². The van der Waals surface area contributed by atoms with Crippen molar-refractivity contribution >= 4 is 17.4 Å². The fraction of sp³-hybridized carbons (Fsp3) is 0. The van der Waals surface area contributed by atoms with Gasteiger partial charge in [-0.15, -0.1) is 0 Å². The van der Waals surface area contributed by atoms with Crippen molar-refractivity contribution < 1.29 is 4.79 Å². The fourth-order valence-electron chi connectivity index (χ4n) is 1.11. The van der Waals surface area contributed by atoms with Crippen LogP contribution in [0.3, 0.4) is 0 Å². The lowest BCUT2D eigenvalue weighted by atomic mass is 10.2. The van der Waals surface area contributed by atoms with Crippen LogP contribution < -0.4 is 11.1 Å². The van der Waals surface area contributed by atoms with Gasteiger partial charge in [-0.3, -0.25) is 4.79 Å². The lowest BCUT2D eigenvalue weighted by Crippen LogP contribution is -2.12. The highest BCUT2D eigenvalue weighted by molar-refractivity contribution is 6.03. The molecule has 0 radical (unpaired) electrons. The third-order valence-corrected chi connectivity index (χ3v) is 1.87. The summed E-state index contributed by atoms with van der Waals surface area (Å²) in [5.74, 6) is 0.0990. The van der Waals surface area contributed by atoms with E-state index in [4.69, 9.17) is 5.73 Å². The van der Waals surface area contributed by atoms with Crippen LogP contribution in [-0.4, -0.2) is 20.9 Å². The molecule has 0 aliphatic carbocycles. The summed E-state index contributed by atoms with van der Waals surface area (Å²) >= 11 is 0. The van der Waals surface area contributed by atoms with Gasteiger partial charge in [0, 0.05) is 6.20 Å². The summed E-state index contributed by atoms with van der Waals surface area (Å²) in [4.78, 5) is 23.1. The normalized spacial score (nSPS) is 9.75. The zero-order valence-electron chi connectivity index (χ0n) is 8.29. The summed E-state index contributed by atoms with van der Waals surface area (Å²) in [6.07, 6.45) is 5.82. The Kier molecular flexibility index (Phi) is 2.73. The van der Waals surface area contributed by atoms with Crippen molar-refractivity contribution in [2.24, 2.45) is 0 Å². The maximum absolute atomic E-state index is 11.7. The van der Waals surface area contributed by atoms with Crippen LogP contribution in [0, 0.1) is 0 Å². The molecule has 6 heteroatoms. The number of amides is 1. The number of nitrogens with zero attached hydrogens (tertiary/aromatic N) is 3. The number of carbonyl (C=O) groups is 1. The van der Waals surface area contributed by atoms with E-state index in [2.05, 4.69) is 20.3 Å². The lowest BCUT2D eigenvalue weighted by Gasteiger charge is -2.03. The molecule has 3 N–H and O–H groups in total. The van der Waals surface area contributed by atoms with Crippen molar-refractivity contribution in [1.82, 2.24) is 15.0 Å². The number of carbonyl (C=O) groups excluding carboxylic acids is 1. The average Bonchev–Trinajstić information content (AvgIpc) is 2.31. The maximum Gasteiger partial charge on any atom is 0.257 e. The van der Waals surface area contributed by atoms with Crippen LogP contribution in [0.1, 0.15) is 10.4 Å². The van der Waals surface area contributed by atoms with Crippen molar-refractivity contribution in [1.29, 1.82) is 0 Å². The highest BCUT2D eigenvalue weighted by atomic mass is 16.1. The van der Waals surface area contributed by atoms with Gasteiger partial charge in [0.05, 0.1) is 23.6 Å². The van der Waals surface area contributed by atoms with E-state index in [1.807, 2.05) is 0 Å². The number of aromatic nitrogens is 3. The first kappa shape index (κ1) is 10.0. The van der Waals surface area contributed by atoms with E-state index in [-0.39, 0.29) is 5.91 Å². The third kappa shape index (κ3) is 2.30. The fourth-order valence-corrected chi connectivity index (χ4v) is 1.11. The van der Waals surface area contributed by atoms with Gasteiger partial charge >= 0.3 is 0 Å². The minimum atomic E-state index is -0.276. The molecule has 0 saturated carbocycles. The van der Waals surface area contributed by atoms with E-state index in [0.29, 0.717) is 17.1 Å². The molecule has 0 fully saturated rings. The lowest BCUT2D eigenvalue weighted by molar-refractivity contribution is 0.102. The van der Waals surface area contributed by atoms with E-state index in [1.54, 1.807) is 12.1 Å². The number of nitrogens with one attached hydrogen (secondary N) is 1. The van der Waals surface area contributed by atoms with Gasteiger partial charge < -0.3 is 11.1 Å². The number of anilines is 2. The number of rotatable bonds is 2. The number of nitrogen functional groups attached to an aromatic ring is 1. The molecule has 0 atom stereocenters. The molecule has 2 rings (SSSR count). The van der Waals surface area contributed by atoms with Crippen molar-refractivity contribution in [3.8, 4) is 0 Å². The number of hydrogen-bond donors (Lipinski definition) is 2. The van der Waals surface area contributed by atoms with Crippen LogP contribution in [0.15, 0.2) is 37.1 Å². The molecule has 0 aliphatic rings. The Morgan fingerprint density at radius 1 is 1.19 bits per heavy atom.